The van der Waals surface area contributed by atoms with Gasteiger partial charge in [0.15, 0.2) is 0 Å². The number of nitrogens with one attached hydrogen (secondary N) is 1. The molecule has 1 saturated heterocycles. The second-order valence-electron chi connectivity index (χ2n) is 7.41. The maximum absolute atomic E-state index is 14.0. The van der Waals surface area contributed by atoms with E-state index in [1.165, 1.54) is 22.5 Å². The molecular weight excluding hydrogens is 407 g/mol. The lowest BCUT2D eigenvalue weighted by Crippen LogP contribution is -3.13. The number of nitrogens with zero attached hydrogens (tertiary/aromatic N) is 1. The fourth-order valence-corrected chi connectivity index (χ4v) is 5.43. The number of sulfonamides is 1. The van der Waals surface area contributed by atoms with Crippen molar-refractivity contribution in [3.63, 3.8) is 0 Å². The number of hydrogen-bond acceptors (Lipinski definition) is 4. The zero-order chi connectivity index (χ0) is 21.3. The van der Waals surface area contributed by atoms with Crippen molar-refractivity contribution in [2.45, 2.75) is 11.4 Å². The van der Waals surface area contributed by atoms with Gasteiger partial charge in [0.05, 0.1) is 38.9 Å². The summed E-state index contributed by atoms with van der Waals surface area (Å²) in [5, 5.41) is 12.4. The third-order valence-corrected chi connectivity index (χ3v) is 7.56. The second-order valence-corrected chi connectivity index (χ2v) is 9.32. The fourth-order valence-electron chi connectivity index (χ4n) is 3.92. The van der Waals surface area contributed by atoms with Gasteiger partial charge in [-0.2, -0.15) is 4.31 Å². The summed E-state index contributed by atoms with van der Waals surface area (Å²) in [6.45, 7) is 2.27. The van der Waals surface area contributed by atoms with E-state index in [-0.39, 0.29) is 10.6 Å². The Hall–Kier alpha value is -2.68. The number of piperazine rings is 1. The largest absolute Gasteiger partial charge is 0.507 e. The molecule has 1 heterocycles. The van der Waals surface area contributed by atoms with Crippen LogP contribution in [0.15, 0.2) is 59.5 Å². The molecule has 0 saturated carbocycles. The molecule has 0 radical (unpaired) electrons. The minimum absolute atomic E-state index is 0.213. The van der Waals surface area contributed by atoms with Crippen molar-refractivity contribution in [3.8, 4) is 11.5 Å². The Morgan fingerprint density at radius 1 is 1.10 bits per heavy atom. The average molecular weight is 432 g/mol. The van der Waals surface area contributed by atoms with Crippen LogP contribution in [0.3, 0.4) is 0 Å². The molecule has 0 bridgehead atoms. The van der Waals surface area contributed by atoms with Crippen LogP contribution in [0.4, 0.5) is 4.39 Å². The van der Waals surface area contributed by atoms with Crippen LogP contribution >= 0.6 is 0 Å². The second kappa shape index (κ2) is 8.22. The van der Waals surface area contributed by atoms with Gasteiger partial charge in [-0.15, -0.1) is 0 Å². The van der Waals surface area contributed by atoms with Gasteiger partial charge in [0.2, 0.25) is 10.0 Å². The molecule has 4 rings (SSSR count). The number of aromatic hydroxyl groups is 1. The molecule has 0 atom stereocenters. The summed E-state index contributed by atoms with van der Waals surface area (Å²) in [5.41, 5.74) is 0.812. The Bertz CT molecular complexity index is 1170. The van der Waals surface area contributed by atoms with Crippen molar-refractivity contribution in [2.24, 2.45) is 0 Å². The molecule has 30 heavy (non-hydrogen) atoms. The summed E-state index contributed by atoms with van der Waals surface area (Å²) in [4.78, 5) is 0.868. The van der Waals surface area contributed by atoms with Gasteiger partial charge in [-0.25, -0.2) is 12.8 Å². The summed E-state index contributed by atoms with van der Waals surface area (Å²) >= 11 is 0. The number of rotatable bonds is 5. The zero-order valence-electron chi connectivity index (χ0n) is 16.6. The molecule has 2 N–H and O–H groups in total. The highest BCUT2D eigenvalue weighted by molar-refractivity contribution is 7.89. The fraction of sp³-hybridized carbons (Fsp3) is 0.273. The smallest absolute Gasteiger partial charge is 0.246 e. The van der Waals surface area contributed by atoms with Gasteiger partial charge in [0.25, 0.3) is 0 Å². The first-order valence-electron chi connectivity index (χ1n) is 9.77. The molecule has 0 aromatic heterocycles. The van der Waals surface area contributed by atoms with Crippen LogP contribution < -0.4 is 9.64 Å². The maximum atomic E-state index is 14.0. The summed E-state index contributed by atoms with van der Waals surface area (Å²) < 4.78 is 46.3. The SMILES string of the molecule is COc1ccc2ccc(O)c(C[NH+]3CCN(S(=O)(=O)c4ccccc4F)CC3)c2c1. The molecule has 8 heteroatoms. The lowest BCUT2D eigenvalue weighted by molar-refractivity contribution is -0.917. The van der Waals surface area contributed by atoms with Gasteiger partial charge >= 0.3 is 0 Å². The predicted molar refractivity (Wildman–Crippen MR) is 112 cm³/mol. The summed E-state index contributed by atoms with van der Waals surface area (Å²) in [6, 6.07) is 14.7. The number of hydrogen-bond donors (Lipinski definition) is 2. The number of phenols is 1. The Morgan fingerprint density at radius 3 is 2.50 bits per heavy atom. The molecule has 0 unspecified atom stereocenters. The van der Waals surface area contributed by atoms with Crippen LogP contribution in [-0.2, 0) is 16.6 Å². The highest BCUT2D eigenvalue weighted by Gasteiger charge is 2.32. The monoisotopic (exact) mass is 431 g/mol. The van der Waals surface area contributed by atoms with Crippen LogP contribution in [0.5, 0.6) is 11.5 Å². The van der Waals surface area contributed by atoms with E-state index < -0.39 is 15.8 Å². The van der Waals surface area contributed by atoms with Crippen molar-refractivity contribution in [3.05, 3.63) is 66.0 Å². The highest BCUT2D eigenvalue weighted by atomic mass is 32.2. The number of ether oxygens (including phenoxy) is 1. The Balaban J connectivity index is 1.52. The molecule has 3 aromatic rings. The van der Waals surface area contributed by atoms with E-state index in [4.69, 9.17) is 4.74 Å². The summed E-state index contributed by atoms with van der Waals surface area (Å²) in [5.74, 6) is 0.191. The molecule has 0 amide bonds. The Labute approximate surface area is 175 Å². The maximum Gasteiger partial charge on any atom is 0.246 e. The number of quaternary nitrogens is 1. The molecule has 0 spiro atoms. The van der Waals surface area contributed by atoms with Crippen LogP contribution in [-0.4, -0.2) is 51.1 Å². The average Bonchev–Trinajstić information content (AvgIpc) is 2.76. The van der Waals surface area contributed by atoms with E-state index in [1.807, 2.05) is 24.3 Å². The van der Waals surface area contributed by atoms with Gasteiger partial charge in [0.1, 0.15) is 28.8 Å². The van der Waals surface area contributed by atoms with Crippen LogP contribution in [0.1, 0.15) is 5.56 Å². The van der Waals surface area contributed by atoms with E-state index in [2.05, 4.69) is 0 Å². The molecule has 3 aromatic carbocycles. The number of phenolic OH excluding ortho intramolecular Hbond substituents is 1. The Kier molecular flexibility index (Phi) is 5.64. The van der Waals surface area contributed by atoms with Gasteiger partial charge in [-0.1, -0.05) is 24.3 Å². The van der Waals surface area contributed by atoms with Gasteiger partial charge in [0, 0.05) is 0 Å². The standard InChI is InChI=1S/C22H23FN2O4S/c1-29-17-8-6-16-7-9-21(26)19(18(16)14-17)15-24-10-12-25(13-11-24)30(27,28)22-5-3-2-4-20(22)23/h2-9,14,26H,10-13,15H2,1H3/p+1. The third kappa shape index (κ3) is 3.86. The molecule has 158 valence electrons. The molecule has 1 fully saturated rings. The molecule has 1 aliphatic heterocycles. The quantitative estimate of drug-likeness (QED) is 0.646. The van der Waals surface area contributed by atoms with Crippen LogP contribution in [0.2, 0.25) is 0 Å². The van der Waals surface area contributed by atoms with Crippen molar-refractivity contribution >= 4 is 20.8 Å². The third-order valence-electron chi connectivity index (χ3n) is 5.63. The topological polar surface area (TPSA) is 71.3 Å². The van der Waals surface area contributed by atoms with Crippen molar-refractivity contribution in [1.82, 2.24) is 4.31 Å². The first-order chi connectivity index (χ1) is 14.4. The van der Waals surface area contributed by atoms with Crippen LogP contribution in [0.25, 0.3) is 10.8 Å². The van der Waals surface area contributed by atoms with E-state index in [0.717, 1.165) is 27.3 Å². The van der Waals surface area contributed by atoms with Crippen molar-refractivity contribution in [2.75, 3.05) is 33.3 Å². The Morgan fingerprint density at radius 2 is 1.80 bits per heavy atom. The lowest BCUT2D eigenvalue weighted by Gasteiger charge is -2.32. The minimum Gasteiger partial charge on any atom is -0.507 e. The van der Waals surface area contributed by atoms with E-state index in [0.29, 0.717) is 38.5 Å². The van der Waals surface area contributed by atoms with Crippen LogP contribution in [0, 0.1) is 5.82 Å². The zero-order valence-corrected chi connectivity index (χ0v) is 17.5. The number of halogens is 1. The van der Waals surface area contributed by atoms with Gasteiger partial charge in [-0.3, -0.25) is 0 Å². The van der Waals surface area contributed by atoms with Crippen molar-refractivity contribution in [1.29, 1.82) is 0 Å². The highest BCUT2D eigenvalue weighted by Crippen LogP contribution is 2.29. The van der Waals surface area contributed by atoms with Gasteiger partial charge in [-0.05, 0) is 41.1 Å². The van der Waals surface area contributed by atoms with E-state index in [1.54, 1.807) is 13.2 Å². The number of fused-ring (bicyclic) bond motifs is 1. The molecule has 0 aliphatic carbocycles. The summed E-state index contributed by atoms with van der Waals surface area (Å²) in [7, 11) is -2.26. The number of methoxy groups -OCH3 is 1. The predicted octanol–water partition coefficient (Wildman–Crippen LogP) is 1.78. The van der Waals surface area contributed by atoms with E-state index in [9.17, 15) is 17.9 Å². The van der Waals surface area contributed by atoms with Crippen molar-refractivity contribution < 1.29 is 27.6 Å². The first-order valence-corrected chi connectivity index (χ1v) is 11.2. The molecule has 6 nitrogen and oxygen atoms in total. The lowest BCUT2D eigenvalue weighted by atomic mass is 10.0. The molecular formula is C22H24FN2O4S+. The number of benzene rings is 3. The summed E-state index contributed by atoms with van der Waals surface area (Å²) in [6.07, 6.45) is 0. The first kappa shape index (κ1) is 20.6. The van der Waals surface area contributed by atoms with Gasteiger partial charge < -0.3 is 14.7 Å². The normalized spacial score (nSPS) is 16.1. The minimum atomic E-state index is -3.86. The molecule has 1 aliphatic rings. The van der Waals surface area contributed by atoms with E-state index >= 15 is 0 Å².